The zero-order chi connectivity index (χ0) is 10.5. The predicted molar refractivity (Wildman–Crippen MR) is 52.4 cm³/mol. The van der Waals surface area contributed by atoms with Gasteiger partial charge in [-0.3, -0.25) is 4.79 Å². The van der Waals surface area contributed by atoms with Gasteiger partial charge in [-0.25, -0.2) is 0 Å². The highest BCUT2D eigenvalue weighted by molar-refractivity contribution is 5.80. The molecule has 0 spiro atoms. The van der Waals surface area contributed by atoms with Crippen LogP contribution in [0.5, 0.6) is 0 Å². The zero-order valence-electron chi connectivity index (χ0n) is 8.85. The summed E-state index contributed by atoms with van der Waals surface area (Å²) in [5.74, 6) is -0.0317. The number of amides is 1. The summed E-state index contributed by atoms with van der Waals surface area (Å²) in [5.41, 5.74) is -0.671. The molecule has 78 valence electrons. The van der Waals surface area contributed by atoms with Gasteiger partial charge in [0.25, 0.3) is 0 Å². The maximum Gasteiger partial charge on any atom is 0.236 e. The molecule has 1 amide bonds. The van der Waals surface area contributed by atoms with Gasteiger partial charge in [0.1, 0.15) is 0 Å². The molecule has 0 bridgehead atoms. The van der Waals surface area contributed by atoms with Crippen LogP contribution in [0.25, 0.3) is 0 Å². The van der Waals surface area contributed by atoms with Crippen LogP contribution < -0.4 is 10.6 Å². The van der Waals surface area contributed by atoms with Crippen LogP contribution in [-0.4, -0.2) is 36.2 Å². The second-order valence-corrected chi connectivity index (χ2v) is 3.85. The Labute approximate surface area is 79.7 Å². The SMILES string of the molecule is CNC(=O)C(C)NCCC(C)(C)O. The Morgan fingerprint density at radius 3 is 2.46 bits per heavy atom. The molecule has 0 aromatic heterocycles. The first kappa shape index (κ1) is 12.4. The Balaban J connectivity index is 3.59. The van der Waals surface area contributed by atoms with Crippen molar-refractivity contribution in [3.8, 4) is 0 Å². The zero-order valence-corrected chi connectivity index (χ0v) is 8.85. The van der Waals surface area contributed by atoms with E-state index in [0.29, 0.717) is 13.0 Å². The number of likely N-dealkylation sites (N-methyl/N-ethyl adjacent to an activating group) is 1. The standard InChI is InChI=1S/C9H20N2O2/c1-7(8(12)10-4)11-6-5-9(2,3)13/h7,11,13H,5-6H2,1-4H3,(H,10,12). The first-order valence-electron chi connectivity index (χ1n) is 4.54. The van der Waals surface area contributed by atoms with Crippen molar-refractivity contribution < 1.29 is 9.90 Å². The topological polar surface area (TPSA) is 61.4 Å². The third-order valence-corrected chi connectivity index (χ3v) is 1.83. The summed E-state index contributed by atoms with van der Waals surface area (Å²) in [4.78, 5) is 11.0. The van der Waals surface area contributed by atoms with E-state index in [1.807, 2.05) is 0 Å². The van der Waals surface area contributed by atoms with Crippen LogP contribution in [0.4, 0.5) is 0 Å². The van der Waals surface area contributed by atoms with E-state index < -0.39 is 5.60 Å². The van der Waals surface area contributed by atoms with Gasteiger partial charge in [-0.15, -0.1) is 0 Å². The highest BCUT2D eigenvalue weighted by Gasteiger charge is 2.14. The minimum Gasteiger partial charge on any atom is -0.390 e. The normalized spacial score (nSPS) is 13.9. The Bertz CT molecular complexity index is 163. The molecule has 4 heteroatoms. The van der Waals surface area contributed by atoms with Crippen LogP contribution in [0.1, 0.15) is 27.2 Å². The number of rotatable bonds is 5. The van der Waals surface area contributed by atoms with E-state index >= 15 is 0 Å². The molecule has 0 fully saturated rings. The number of aliphatic hydroxyl groups is 1. The summed E-state index contributed by atoms with van der Waals surface area (Å²) >= 11 is 0. The molecule has 0 aliphatic rings. The average Bonchev–Trinajstić information content (AvgIpc) is 2.00. The minimum atomic E-state index is -0.671. The number of hydrogen-bond donors (Lipinski definition) is 3. The van der Waals surface area contributed by atoms with Crippen LogP contribution in [0, 0.1) is 0 Å². The Hall–Kier alpha value is -0.610. The molecule has 0 saturated heterocycles. The van der Waals surface area contributed by atoms with Crippen LogP contribution in [-0.2, 0) is 4.79 Å². The summed E-state index contributed by atoms with van der Waals surface area (Å²) in [7, 11) is 1.61. The quantitative estimate of drug-likeness (QED) is 0.563. The molecule has 13 heavy (non-hydrogen) atoms. The van der Waals surface area contributed by atoms with Crippen LogP contribution in [0.3, 0.4) is 0 Å². The Morgan fingerprint density at radius 1 is 1.54 bits per heavy atom. The lowest BCUT2D eigenvalue weighted by molar-refractivity contribution is -0.122. The highest BCUT2D eigenvalue weighted by Crippen LogP contribution is 2.05. The molecule has 1 unspecified atom stereocenters. The third-order valence-electron chi connectivity index (χ3n) is 1.83. The first-order chi connectivity index (χ1) is 5.87. The molecule has 4 nitrogen and oxygen atoms in total. The highest BCUT2D eigenvalue weighted by atomic mass is 16.3. The number of hydrogen-bond acceptors (Lipinski definition) is 3. The maximum absolute atomic E-state index is 11.0. The minimum absolute atomic E-state index is 0.0317. The summed E-state index contributed by atoms with van der Waals surface area (Å²) < 4.78 is 0. The van der Waals surface area contributed by atoms with Crippen molar-refractivity contribution >= 4 is 5.91 Å². The van der Waals surface area contributed by atoms with E-state index in [4.69, 9.17) is 0 Å². The molecule has 0 saturated carbocycles. The molecule has 3 N–H and O–H groups in total. The van der Waals surface area contributed by atoms with Crippen LogP contribution in [0.15, 0.2) is 0 Å². The summed E-state index contributed by atoms with van der Waals surface area (Å²) in [6, 6.07) is -0.202. The summed E-state index contributed by atoms with van der Waals surface area (Å²) in [6.45, 7) is 5.93. The third kappa shape index (κ3) is 6.54. The molecule has 0 radical (unpaired) electrons. The molecule has 0 aromatic rings. The van der Waals surface area contributed by atoms with Gasteiger partial charge in [-0.1, -0.05) is 0 Å². The van der Waals surface area contributed by atoms with Gasteiger partial charge in [-0.05, 0) is 33.7 Å². The second kappa shape index (κ2) is 5.19. The van der Waals surface area contributed by atoms with Crippen molar-refractivity contribution in [3.05, 3.63) is 0 Å². The van der Waals surface area contributed by atoms with Crippen molar-refractivity contribution in [3.63, 3.8) is 0 Å². The molecular weight excluding hydrogens is 168 g/mol. The fourth-order valence-corrected chi connectivity index (χ4v) is 0.904. The maximum atomic E-state index is 11.0. The first-order valence-corrected chi connectivity index (χ1v) is 4.54. The molecule has 0 aliphatic carbocycles. The van der Waals surface area contributed by atoms with Crippen molar-refractivity contribution in [2.75, 3.05) is 13.6 Å². The number of carbonyl (C=O) groups excluding carboxylic acids is 1. The summed E-state index contributed by atoms with van der Waals surface area (Å²) in [5, 5.41) is 15.0. The lowest BCUT2D eigenvalue weighted by Crippen LogP contribution is -2.42. The Kier molecular flexibility index (Phi) is 4.95. The monoisotopic (exact) mass is 188 g/mol. The molecular formula is C9H20N2O2. The molecule has 0 heterocycles. The fraction of sp³-hybridized carbons (Fsp3) is 0.889. The van der Waals surface area contributed by atoms with Gasteiger partial charge in [0.15, 0.2) is 0 Å². The van der Waals surface area contributed by atoms with Crippen molar-refractivity contribution in [2.24, 2.45) is 0 Å². The van der Waals surface area contributed by atoms with E-state index in [-0.39, 0.29) is 11.9 Å². The Morgan fingerprint density at radius 2 is 2.08 bits per heavy atom. The molecule has 0 aromatic carbocycles. The van der Waals surface area contributed by atoms with E-state index in [1.54, 1.807) is 27.8 Å². The molecule has 0 rings (SSSR count). The van der Waals surface area contributed by atoms with Crippen molar-refractivity contribution in [1.82, 2.24) is 10.6 Å². The van der Waals surface area contributed by atoms with Gasteiger partial charge < -0.3 is 15.7 Å². The van der Waals surface area contributed by atoms with Gasteiger partial charge in [0, 0.05) is 7.05 Å². The van der Waals surface area contributed by atoms with Gasteiger partial charge in [-0.2, -0.15) is 0 Å². The van der Waals surface area contributed by atoms with Crippen LogP contribution in [0.2, 0.25) is 0 Å². The van der Waals surface area contributed by atoms with Gasteiger partial charge in [0.2, 0.25) is 5.91 Å². The van der Waals surface area contributed by atoms with Crippen molar-refractivity contribution in [1.29, 1.82) is 0 Å². The molecule has 0 aliphatic heterocycles. The van der Waals surface area contributed by atoms with E-state index in [2.05, 4.69) is 10.6 Å². The number of nitrogens with one attached hydrogen (secondary N) is 2. The summed E-state index contributed by atoms with van der Waals surface area (Å²) in [6.07, 6.45) is 0.633. The van der Waals surface area contributed by atoms with E-state index in [1.165, 1.54) is 0 Å². The lowest BCUT2D eigenvalue weighted by atomic mass is 10.1. The fourth-order valence-electron chi connectivity index (χ4n) is 0.904. The molecule has 1 atom stereocenters. The smallest absolute Gasteiger partial charge is 0.236 e. The predicted octanol–water partition coefficient (Wildman–Crippen LogP) is -0.128. The van der Waals surface area contributed by atoms with Crippen LogP contribution >= 0.6 is 0 Å². The van der Waals surface area contributed by atoms with Gasteiger partial charge in [0.05, 0.1) is 11.6 Å². The lowest BCUT2D eigenvalue weighted by Gasteiger charge is -2.19. The van der Waals surface area contributed by atoms with Crippen molar-refractivity contribution in [2.45, 2.75) is 38.8 Å². The largest absolute Gasteiger partial charge is 0.390 e. The van der Waals surface area contributed by atoms with Gasteiger partial charge >= 0.3 is 0 Å². The average molecular weight is 188 g/mol. The number of carbonyl (C=O) groups is 1. The van der Waals surface area contributed by atoms with E-state index in [0.717, 1.165) is 0 Å². The van der Waals surface area contributed by atoms with E-state index in [9.17, 15) is 9.90 Å². The second-order valence-electron chi connectivity index (χ2n) is 3.85.